The van der Waals surface area contributed by atoms with Crippen molar-refractivity contribution in [1.82, 2.24) is 19.5 Å². The molecular weight excluding hydrogens is 520 g/mol. The zero-order chi connectivity index (χ0) is 25.9. The third-order valence-corrected chi connectivity index (χ3v) is 8.50. The van der Waals surface area contributed by atoms with Crippen LogP contribution in [-0.2, 0) is 0 Å². The number of hydrogen-bond acceptors (Lipinski definition) is 4. The SMILES string of the molecule is Clc1nc(-c2ccccc2)nc(-c2ccc3c4ccccc4n(-c4cccc5sc6ccccc6c45)c3c2)n1. The number of rotatable bonds is 3. The van der Waals surface area contributed by atoms with Gasteiger partial charge in [0.05, 0.1) is 16.7 Å². The summed E-state index contributed by atoms with van der Waals surface area (Å²) in [6.07, 6.45) is 0. The third kappa shape index (κ3) is 3.55. The Bertz CT molecular complexity index is 2200. The highest BCUT2D eigenvalue weighted by atomic mass is 35.5. The summed E-state index contributed by atoms with van der Waals surface area (Å²) in [5.74, 6) is 1.10. The maximum Gasteiger partial charge on any atom is 0.226 e. The molecule has 0 spiro atoms. The van der Waals surface area contributed by atoms with E-state index in [1.807, 2.05) is 41.7 Å². The van der Waals surface area contributed by atoms with E-state index in [1.54, 1.807) is 0 Å². The van der Waals surface area contributed by atoms with Gasteiger partial charge in [0.15, 0.2) is 11.6 Å². The second-order valence-corrected chi connectivity index (χ2v) is 10.9. The Morgan fingerprint density at radius 3 is 2.10 bits per heavy atom. The second-order valence-electron chi connectivity index (χ2n) is 9.45. The first-order valence-electron chi connectivity index (χ1n) is 12.7. The van der Waals surface area contributed by atoms with Crippen molar-refractivity contribution in [3.05, 3.63) is 121 Å². The standard InChI is InChI=1S/C33H19ClN4S/c34-33-36-31(20-9-2-1-3-10-20)35-32(37-33)21-17-18-23-22-11-4-6-13-25(22)38(27(23)19-21)26-14-8-16-29-30(26)24-12-5-7-15-28(24)39-29/h1-19H. The van der Waals surface area contributed by atoms with E-state index in [0.29, 0.717) is 11.6 Å². The highest BCUT2D eigenvalue weighted by Gasteiger charge is 2.18. The van der Waals surface area contributed by atoms with Gasteiger partial charge in [0.2, 0.25) is 5.28 Å². The lowest BCUT2D eigenvalue weighted by molar-refractivity contribution is 1.07. The van der Waals surface area contributed by atoms with E-state index in [0.717, 1.165) is 27.8 Å². The fourth-order valence-corrected chi connectivity index (χ4v) is 6.79. The molecular formula is C33H19ClN4S. The Labute approximate surface area is 232 Å². The first kappa shape index (κ1) is 22.4. The van der Waals surface area contributed by atoms with Crippen LogP contribution in [0.3, 0.4) is 0 Å². The van der Waals surface area contributed by atoms with Crippen molar-refractivity contribution >= 4 is 64.9 Å². The normalized spacial score (nSPS) is 11.7. The minimum atomic E-state index is 0.175. The summed E-state index contributed by atoms with van der Waals surface area (Å²) < 4.78 is 4.93. The Hall–Kier alpha value is -4.58. The van der Waals surface area contributed by atoms with Gasteiger partial charge in [-0.05, 0) is 41.9 Å². The summed E-state index contributed by atoms with van der Waals surface area (Å²) >= 11 is 8.23. The molecule has 3 aromatic heterocycles. The molecule has 0 N–H and O–H groups in total. The third-order valence-electron chi connectivity index (χ3n) is 7.19. The van der Waals surface area contributed by atoms with Crippen LogP contribution in [0, 0.1) is 0 Å². The smallest absolute Gasteiger partial charge is 0.226 e. The second kappa shape index (κ2) is 8.73. The highest BCUT2D eigenvalue weighted by Crippen LogP contribution is 2.41. The van der Waals surface area contributed by atoms with E-state index in [9.17, 15) is 0 Å². The number of benzene rings is 5. The summed E-state index contributed by atoms with van der Waals surface area (Å²) in [7, 11) is 0. The number of thiophene rings is 1. The Morgan fingerprint density at radius 1 is 0.538 bits per heavy atom. The van der Waals surface area contributed by atoms with E-state index < -0.39 is 0 Å². The molecule has 39 heavy (non-hydrogen) atoms. The molecule has 4 nitrogen and oxygen atoms in total. The molecule has 6 heteroatoms. The molecule has 0 aliphatic rings. The van der Waals surface area contributed by atoms with Crippen molar-refractivity contribution in [1.29, 1.82) is 0 Å². The van der Waals surface area contributed by atoms with Gasteiger partial charge < -0.3 is 4.57 Å². The fraction of sp³-hybridized carbons (Fsp3) is 0. The molecule has 0 saturated heterocycles. The monoisotopic (exact) mass is 538 g/mol. The van der Waals surface area contributed by atoms with Gasteiger partial charge in [-0.3, -0.25) is 0 Å². The van der Waals surface area contributed by atoms with Crippen LogP contribution in [0.15, 0.2) is 115 Å². The topological polar surface area (TPSA) is 43.6 Å². The molecule has 3 heterocycles. The summed E-state index contributed by atoms with van der Waals surface area (Å²) in [5, 5.41) is 5.09. The van der Waals surface area contributed by atoms with Gasteiger partial charge in [0.25, 0.3) is 0 Å². The lowest BCUT2D eigenvalue weighted by atomic mass is 10.1. The van der Waals surface area contributed by atoms with Crippen molar-refractivity contribution in [2.75, 3.05) is 0 Å². The Balaban J connectivity index is 1.43. The number of halogens is 1. The zero-order valence-corrected chi connectivity index (χ0v) is 22.1. The average molecular weight is 539 g/mol. The van der Waals surface area contributed by atoms with Crippen molar-refractivity contribution in [2.45, 2.75) is 0 Å². The van der Waals surface area contributed by atoms with Crippen molar-refractivity contribution in [3.8, 4) is 28.5 Å². The number of hydrogen-bond donors (Lipinski definition) is 0. The minimum Gasteiger partial charge on any atom is -0.309 e. The molecule has 0 aliphatic heterocycles. The van der Waals surface area contributed by atoms with Gasteiger partial charge >= 0.3 is 0 Å². The van der Waals surface area contributed by atoms with Gasteiger partial charge in [0.1, 0.15) is 0 Å². The lowest BCUT2D eigenvalue weighted by Gasteiger charge is -2.11. The first-order valence-corrected chi connectivity index (χ1v) is 13.9. The predicted molar refractivity (Wildman–Crippen MR) is 163 cm³/mol. The minimum absolute atomic E-state index is 0.175. The van der Waals surface area contributed by atoms with Crippen LogP contribution >= 0.6 is 22.9 Å². The fourth-order valence-electron chi connectivity index (χ4n) is 5.51. The molecule has 8 rings (SSSR count). The zero-order valence-electron chi connectivity index (χ0n) is 20.5. The van der Waals surface area contributed by atoms with E-state index in [-0.39, 0.29) is 5.28 Å². The first-order chi connectivity index (χ1) is 19.2. The number of para-hydroxylation sites is 1. The average Bonchev–Trinajstić information content (AvgIpc) is 3.53. The van der Waals surface area contributed by atoms with Gasteiger partial charge in [-0.15, -0.1) is 11.3 Å². The largest absolute Gasteiger partial charge is 0.309 e. The van der Waals surface area contributed by atoms with E-state index in [2.05, 4.69) is 99.5 Å². The molecule has 0 saturated carbocycles. The summed E-state index contributed by atoms with van der Waals surface area (Å²) in [4.78, 5) is 13.7. The van der Waals surface area contributed by atoms with Gasteiger partial charge in [-0.2, -0.15) is 9.97 Å². The molecule has 0 bridgehead atoms. The maximum absolute atomic E-state index is 6.40. The molecule has 0 unspecified atom stereocenters. The van der Waals surface area contributed by atoms with Crippen LogP contribution < -0.4 is 0 Å². The lowest BCUT2D eigenvalue weighted by Crippen LogP contribution is -1.98. The van der Waals surface area contributed by atoms with E-state index in [1.165, 1.54) is 30.9 Å². The van der Waals surface area contributed by atoms with Gasteiger partial charge in [-0.25, -0.2) is 4.98 Å². The predicted octanol–water partition coefficient (Wildman–Crippen LogP) is 9.32. The Kier molecular flexibility index (Phi) is 5.02. The molecule has 5 aromatic carbocycles. The number of aromatic nitrogens is 4. The molecule has 0 aliphatic carbocycles. The number of fused-ring (bicyclic) bond motifs is 6. The van der Waals surface area contributed by atoms with Crippen LogP contribution in [0.1, 0.15) is 0 Å². The van der Waals surface area contributed by atoms with E-state index in [4.69, 9.17) is 16.6 Å². The summed E-state index contributed by atoms with van der Waals surface area (Å²) in [6, 6.07) is 40.0. The van der Waals surface area contributed by atoms with Gasteiger partial charge in [-0.1, -0.05) is 84.9 Å². The van der Waals surface area contributed by atoms with Crippen LogP contribution in [0.2, 0.25) is 5.28 Å². The number of nitrogens with zero attached hydrogens (tertiary/aromatic N) is 4. The van der Waals surface area contributed by atoms with Crippen LogP contribution in [0.25, 0.3) is 70.4 Å². The molecule has 0 radical (unpaired) electrons. The molecule has 0 atom stereocenters. The molecule has 0 amide bonds. The van der Waals surface area contributed by atoms with Crippen LogP contribution in [0.5, 0.6) is 0 Å². The molecule has 0 fully saturated rings. The van der Waals surface area contributed by atoms with Crippen molar-refractivity contribution in [3.63, 3.8) is 0 Å². The van der Waals surface area contributed by atoms with Crippen LogP contribution in [-0.4, -0.2) is 19.5 Å². The van der Waals surface area contributed by atoms with Gasteiger partial charge in [0, 0.05) is 42.1 Å². The van der Waals surface area contributed by atoms with E-state index >= 15 is 0 Å². The van der Waals surface area contributed by atoms with Crippen molar-refractivity contribution < 1.29 is 0 Å². The quantitative estimate of drug-likeness (QED) is 0.225. The van der Waals surface area contributed by atoms with Crippen molar-refractivity contribution in [2.24, 2.45) is 0 Å². The van der Waals surface area contributed by atoms with Crippen LogP contribution in [0.4, 0.5) is 0 Å². The maximum atomic E-state index is 6.40. The summed E-state index contributed by atoms with van der Waals surface area (Å²) in [5.41, 5.74) is 5.19. The molecule has 8 aromatic rings. The Morgan fingerprint density at radius 2 is 1.23 bits per heavy atom. The highest BCUT2D eigenvalue weighted by molar-refractivity contribution is 7.25. The summed E-state index contributed by atoms with van der Waals surface area (Å²) in [6.45, 7) is 0. The molecule has 184 valence electrons.